The number of aliphatic hydroxyl groups is 1. The third-order valence-corrected chi connectivity index (χ3v) is 2.85. The fourth-order valence-corrected chi connectivity index (χ4v) is 1.95. The Hall–Kier alpha value is -1.22. The Morgan fingerprint density at radius 3 is 2.94 bits per heavy atom. The molecule has 0 bridgehead atoms. The van der Waals surface area contributed by atoms with Crippen LogP contribution in [0.3, 0.4) is 0 Å². The highest BCUT2D eigenvalue weighted by Gasteiger charge is 2.23. The van der Waals surface area contributed by atoms with E-state index in [1.165, 1.54) is 0 Å². The summed E-state index contributed by atoms with van der Waals surface area (Å²) in [6, 6.07) is 3.48. The van der Waals surface area contributed by atoms with Gasteiger partial charge in [-0.05, 0) is 28.1 Å². The molecular formula is C10H10BrN3O4. The van der Waals surface area contributed by atoms with Crippen LogP contribution in [0.1, 0.15) is 5.89 Å². The van der Waals surface area contributed by atoms with Gasteiger partial charge in [0.1, 0.15) is 6.54 Å². The van der Waals surface area contributed by atoms with Crippen molar-refractivity contribution in [1.29, 1.82) is 0 Å². The standard InChI is InChI=1S/C10H10BrN3O4/c11-8-2-1-7(17-8)10-13-12-9(18-10)4-14-3-6(15)5-16-14/h1-2,6,15H,3-5H2/t6-/m0/s1. The van der Waals surface area contributed by atoms with Crippen LogP contribution in [0.4, 0.5) is 0 Å². The average molecular weight is 316 g/mol. The predicted molar refractivity (Wildman–Crippen MR) is 62.1 cm³/mol. The number of hydrogen-bond acceptors (Lipinski definition) is 7. The maximum absolute atomic E-state index is 9.31. The molecule has 7 nitrogen and oxygen atoms in total. The number of hydroxylamine groups is 2. The van der Waals surface area contributed by atoms with E-state index in [0.29, 0.717) is 41.9 Å². The number of aliphatic hydroxyl groups excluding tert-OH is 1. The third kappa shape index (κ3) is 2.46. The van der Waals surface area contributed by atoms with Gasteiger partial charge in [0.2, 0.25) is 5.89 Å². The molecule has 1 N–H and O–H groups in total. The number of nitrogens with zero attached hydrogens (tertiary/aromatic N) is 3. The van der Waals surface area contributed by atoms with Crippen LogP contribution in [0, 0.1) is 0 Å². The lowest BCUT2D eigenvalue weighted by molar-refractivity contribution is -0.122. The minimum atomic E-state index is -0.464. The van der Waals surface area contributed by atoms with Gasteiger partial charge in [-0.25, -0.2) is 0 Å². The molecule has 1 aliphatic heterocycles. The smallest absolute Gasteiger partial charge is 0.283 e. The zero-order chi connectivity index (χ0) is 12.5. The Bertz CT molecular complexity index is 541. The Balaban J connectivity index is 1.70. The Kier molecular flexibility index (Phi) is 3.16. The summed E-state index contributed by atoms with van der Waals surface area (Å²) in [6.45, 7) is 1.07. The zero-order valence-electron chi connectivity index (χ0n) is 9.24. The van der Waals surface area contributed by atoms with Crippen molar-refractivity contribution in [1.82, 2.24) is 15.3 Å². The van der Waals surface area contributed by atoms with Crippen molar-refractivity contribution in [2.45, 2.75) is 12.6 Å². The van der Waals surface area contributed by atoms with Gasteiger partial charge in [0.15, 0.2) is 10.4 Å². The normalized spacial score (nSPS) is 20.7. The van der Waals surface area contributed by atoms with E-state index in [9.17, 15) is 5.11 Å². The van der Waals surface area contributed by atoms with Crippen LogP contribution in [0.5, 0.6) is 0 Å². The SMILES string of the molecule is O[C@@H]1CON(Cc2nnc(-c3ccc(Br)o3)o2)C1. The summed E-state index contributed by atoms with van der Waals surface area (Å²) in [5.74, 6) is 1.23. The van der Waals surface area contributed by atoms with Crippen molar-refractivity contribution >= 4 is 15.9 Å². The van der Waals surface area contributed by atoms with Crippen molar-refractivity contribution < 1.29 is 18.8 Å². The Labute approximate surface area is 110 Å². The van der Waals surface area contributed by atoms with Gasteiger partial charge in [-0.3, -0.25) is 4.84 Å². The fourth-order valence-electron chi connectivity index (χ4n) is 1.64. The van der Waals surface area contributed by atoms with E-state index in [2.05, 4.69) is 26.1 Å². The number of rotatable bonds is 3. The Morgan fingerprint density at radius 1 is 1.39 bits per heavy atom. The van der Waals surface area contributed by atoms with Crippen molar-refractivity contribution in [3.63, 3.8) is 0 Å². The summed E-state index contributed by atoms with van der Waals surface area (Å²) < 4.78 is 11.3. The van der Waals surface area contributed by atoms with Crippen LogP contribution in [0.2, 0.25) is 0 Å². The summed E-state index contributed by atoms with van der Waals surface area (Å²) in [5.41, 5.74) is 0. The van der Waals surface area contributed by atoms with Gasteiger partial charge in [0.25, 0.3) is 5.89 Å². The quantitative estimate of drug-likeness (QED) is 0.910. The first-order valence-electron chi connectivity index (χ1n) is 5.35. The molecule has 0 radical (unpaired) electrons. The highest BCUT2D eigenvalue weighted by Crippen LogP contribution is 2.24. The Morgan fingerprint density at radius 2 is 2.28 bits per heavy atom. The van der Waals surface area contributed by atoms with E-state index in [0.717, 1.165) is 0 Å². The molecule has 18 heavy (non-hydrogen) atoms. The number of furan rings is 1. The van der Waals surface area contributed by atoms with Crippen molar-refractivity contribution in [2.24, 2.45) is 0 Å². The molecule has 1 saturated heterocycles. The third-order valence-electron chi connectivity index (χ3n) is 2.43. The summed E-state index contributed by atoms with van der Waals surface area (Å²) >= 11 is 3.20. The molecule has 1 aliphatic rings. The molecular weight excluding hydrogens is 306 g/mol. The second-order valence-electron chi connectivity index (χ2n) is 3.88. The highest BCUT2D eigenvalue weighted by molar-refractivity contribution is 9.10. The molecule has 3 rings (SSSR count). The molecule has 1 atom stereocenters. The molecule has 1 fully saturated rings. The van der Waals surface area contributed by atoms with E-state index in [1.807, 2.05) is 0 Å². The van der Waals surface area contributed by atoms with Gasteiger partial charge < -0.3 is 13.9 Å². The second-order valence-corrected chi connectivity index (χ2v) is 4.66. The molecule has 2 aromatic rings. The molecule has 0 amide bonds. The van der Waals surface area contributed by atoms with Crippen molar-refractivity contribution in [3.05, 3.63) is 22.7 Å². The maximum atomic E-state index is 9.31. The number of β-amino-alcohol motifs (C(OH)–C–C–N with tert-alkyl or cyclic N) is 1. The maximum Gasteiger partial charge on any atom is 0.283 e. The van der Waals surface area contributed by atoms with Crippen LogP contribution >= 0.6 is 15.9 Å². The minimum absolute atomic E-state index is 0.298. The lowest BCUT2D eigenvalue weighted by atomic mass is 10.4. The number of halogens is 1. The summed E-state index contributed by atoms with van der Waals surface area (Å²) in [4.78, 5) is 5.21. The van der Waals surface area contributed by atoms with Gasteiger partial charge in [-0.2, -0.15) is 5.06 Å². The molecule has 2 aromatic heterocycles. The molecule has 0 saturated carbocycles. The lowest BCUT2D eigenvalue weighted by Crippen LogP contribution is -2.20. The van der Waals surface area contributed by atoms with Gasteiger partial charge in [0, 0.05) is 0 Å². The summed E-state index contributed by atoms with van der Waals surface area (Å²) in [6.07, 6.45) is -0.464. The minimum Gasteiger partial charge on any atom is -0.444 e. The largest absolute Gasteiger partial charge is 0.444 e. The van der Waals surface area contributed by atoms with E-state index < -0.39 is 6.10 Å². The highest BCUT2D eigenvalue weighted by atomic mass is 79.9. The van der Waals surface area contributed by atoms with Gasteiger partial charge in [-0.1, -0.05) is 0 Å². The first-order chi connectivity index (χ1) is 8.70. The average Bonchev–Trinajstić information content (AvgIpc) is 3.01. The topological polar surface area (TPSA) is 84.8 Å². The van der Waals surface area contributed by atoms with Crippen LogP contribution < -0.4 is 0 Å². The van der Waals surface area contributed by atoms with E-state index in [1.54, 1.807) is 17.2 Å². The number of aromatic nitrogens is 2. The molecule has 8 heteroatoms. The van der Waals surface area contributed by atoms with E-state index in [4.69, 9.17) is 13.7 Å². The van der Waals surface area contributed by atoms with E-state index >= 15 is 0 Å². The van der Waals surface area contributed by atoms with Crippen LogP contribution in [-0.2, 0) is 11.4 Å². The van der Waals surface area contributed by atoms with Crippen LogP contribution in [0.25, 0.3) is 11.7 Å². The fraction of sp³-hybridized carbons (Fsp3) is 0.400. The van der Waals surface area contributed by atoms with E-state index in [-0.39, 0.29) is 0 Å². The summed E-state index contributed by atoms with van der Waals surface area (Å²) in [5, 5.41) is 18.7. The van der Waals surface area contributed by atoms with Crippen molar-refractivity contribution in [2.75, 3.05) is 13.2 Å². The number of hydrogen-bond donors (Lipinski definition) is 1. The van der Waals surface area contributed by atoms with Gasteiger partial charge >= 0.3 is 0 Å². The second kappa shape index (κ2) is 4.81. The molecule has 3 heterocycles. The molecule has 96 valence electrons. The zero-order valence-corrected chi connectivity index (χ0v) is 10.8. The van der Waals surface area contributed by atoms with Crippen LogP contribution in [0.15, 0.2) is 25.6 Å². The molecule has 0 spiro atoms. The molecule has 0 aromatic carbocycles. The molecule has 0 aliphatic carbocycles. The lowest BCUT2D eigenvalue weighted by Gasteiger charge is -2.09. The first kappa shape index (κ1) is 11.8. The predicted octanol–water partition coefficient (Wildman–Crippen LogP) is 1.20. The summed E-state index contributed by atoms with van der Waals surface area (Å²) in [7, 11) is 0. The molecule has 0 unspecified atom stereocenters. The van der Waals surface area contributed by atoms with Crippen LogP contribution in [-0.4, -0.2) is 39.6 Å². The monoisotopic (exact) mass is 315 g/mol. The van der Waals surface area contributed by atoms with Gasteiger partial charge in [0.05, 0.1) is 19.3 Å². The van der Waals surface area contributed by atoms with Crippen molar-refractivity contribution in [3.8, 4) is 11.7 Å². The van der Waals surface area contributed by atoms with Gasteiger partial charge in [-0.15, -0.1) is 10.2 Å². The first-order valence-corrected chi connectivity index (χ1v) is 6.14.